The van der Waals surface area contributed by atoms with E-state index in [-0.39, 0.29) is 5.41 Å². The Bertz CT molecular complexity index is 762. The number of nitrogens with zero attached hydrogens (tertiary/aromatic N) is 1. The normalized spacial score (nSPS) is 16.8. The second kappa shape index (κ2) is 8.95. The molecule has 27 heavy (non-hydrogen) atoms. The van der Waals surface area contributed by atoms with Crippen molar-refractivity contribution in [3.63, 3.8) is 0 Å². The van der Waals surface area contributed by atoms with Crippen LogP contribution in [0.1, 0.15) is 44.6 Å². The number of carbonyl (C=O) groups is 1. The van der Waals surface area contributed by atoms with Gasteiger partial charge in [0.25, 0.3) is 0 Å². The van der Waals surface area contributed by atoms with Crippen LogP contribution in [-0.4, -0.2) is 22.0 Å². The molecular formula is C21H24N2O3S. The van der Waals surface area contributed by atoms with Gasteiger partial charge in [0.05, 0.1) is 5.41 Å². The van der Waals surface area contributed by atoms with Crippen LogP contribution in [-0.2, 0) is 15.0 Å². The summed E-state index contributed by atoms with van der Waals surface area (Å²) in [5, 5.41) is 0. The lowest BCUT2D eigenvalue weighted by Gasteiger charge is -2.37. The molecule has 1 aromatic heterocycles. The highest BCUT2D eigenvalue weighted by atomic mass is 32.1. The van der Waals surface area contributed by atoms with Crippen LogP contribution < -0.4 is 10.2 Å². The minimum Gasteiger partial charge on any atom is -0.479 e. The molecular weight excluding hydrogens is 360 g/mol. The number of pyridine rings is 1. The Hall–Kier alpha value is -2.47. The Morgan fingerprint density at radius 2 is 1.89 bits per heavy atom. The van der Waals surface area contributed by atoms with Crippen molar-refractivity contribution in [3.8, 4) is 5.75 Å². The SMILES string of the molecule is CC(Oc1ccccc1)C(=O)ONC(=S)C1(c2cccnc2)CCCCC1. The standard InChI is InChI=1S/C21H24N2O3S/c1-16(25-18-10-4-2-5-11-18)19(24)26-23-20(27)21(12-6-3-7-13-21)17-9-8-14-22-15-17/h2,4-5,8-11,14-16H,3,6-7,12-13H2,1H3,(H,23,27). The molecule has 1 saturated carbocycles. The Labute approximate surface area is 165 Å². The largest absolute Gasteiger partial charge is 0.479 e. The molecule has 1 N–H and O–H groups in total. The number of para-hydroxylation sites is 1. The zero-order chi connectivity index (χ0) is 19.1. The maximum atomic E-state index is 12.3. The maximum absolute atomic E-state index is 12.3. The van der Waals surface area contributed by atoms with Gasteiger partial charge in [-0.05, 0) is 43.5 Å². The molecule has 1 aliphatic carbocycles. The molecule has 1 fully saturated rings. The third kappa shape index (κ3) is 4.63. The predicted octanol–water partition coefficient (Wildman–Crippen LogP) is 4.13. The molecule has 0 spiro atoms. The van der Waals surface area contributed by atoms with Gasteiger partial charge < -0.3 is 9.57 Å². The Kier molecular flexibility index (Phi) is 6.40. The van der Waals surface area contributed by atoms with Crippen LogP contribution in [0.2, 0.25) is 0 Å². The summed E-state index contributed by atoms with van der Waals surface area (Å²) in [5.74, 6) is 0.0991. The average Bonchev–Trinajstić information content (AvgIpc) is 2.73. The summed E-state index contributed by atoms with van der Waals surface area (Å²) < 4.78 is 5.60. The van der Waals surface area contributed by atoms with E-state index in [1.165, 1.54) is 6.42 Å². The first-order valence-electron chi connectivity index (χ1n) is 9.25. The van der Waals surface area contributed by atoms with Crippen LogP contribution in [0, 0.1) is 0 Å². The summed E-state index contributed by atoms with van der Waals surface area (Å²) in [6.45, 7) is 1.65. The number of hydrogen-bond acceptors (Lipinski definition) is 5. The second-order valence-corrected chi connectivity index (χ2v) is 7.22. The van der Waals surface area contributed by atoms with E-state index in [0.29, 0.717) is 10.7 Å². The van der Waals surface area contributed by atoms with Crippen molar-refractivity contribution in [1.82, 2.24) is 10.5 Å². The minimum atomic E-state index is -0.747. The van der Waals surface area contributed by atoms with Crippen LogP contribution in [0.15, 0.2) is 54.9 Å². The molecule has 3 rings (SSSR count). The zero-order valence-electron chi connectivity index (χ0n) is 15.4. The van der Waals surface area contributed by atoms with Crippen molar-refractivity contribution in [2.75, 3.05) is 0 Å². The van der Waals surface area contributed by atoms with Crippen molar-refractivity contribution in [3.05, 3.63) is 60.4 Å². The molecule has 6 heteroatoms. The van der Waals surface area contributed by atoms with Crippen LogP contribution in [0.25, 0.3) is 0 Å². The number of ether oxygens (including phenoxy) is 1. The van der Waals surface area contributed by atoms with E-state index >= 15 is 0 Å². The number of rotatable bonds is 5. The molecule has 0 saturated heterocycles. The molecule has 2 aromatic rings. The van der Waals surface area contributed by atoms with E-state index in [4.69, 9.17) is 21.8 Å². The number of nitrogens with one attached hydrogen (secondary N) is 1. The fourth-order valence-electron chi connectivity index (χ4n) is 3.48. The summed E-state index contributed by atoms with van der Waals surface area (Å²) in [5.41, 5.74) is 3.45. The molecule has 0 amide bonds. The monoisotopic (exact) mass is 384 g/mol. The number of hydrogen-bond donors (Lipinski definition) is 1. The van der Waals surface area contributed by atoms with E-state index in [2.05, 4.69) is 10.5 Å². The molecule has 0 radical (unpaired) electrons. The topological polar surface area (TPSA) is 60.5 Å². The van der Waals surface area contributed by atoms with Gasteiger partial charge in [0.2, 0.25) is 0 Å². The fourth-order valence-corrected chi connectivity index (χ4v) is 3.84. The predicted molar refractivity (Wildman–Crippen MR) is 107 cm³/mol. The number of hydroxylamine groups is 1. The van der Waals surface area contributed by atoms with Crippen LogP contribution in [0.3, 0.4) is 0 Å². The van der Waals surface area contributed by atoms with E-state index in [1.54, 1.807) is 25.3 Å². The summed E-state index contributed by atoms with van der Waals surface area (Å²) in [4.78, 5) is 22.3. The Balaban J connectivity index is 1.63. The van der Waals surface area contributed by atoms with Crippen molar-refractivity contribution >= 4 is 23.2 Å². The van der Waals surface area contributed by atoms with Gasteiger partial charge in [-0.3, -0.25) is 4.98 Å². The minimum absolute atomic E-state index is 0.342. The van der Waals surface area contributed by atoms with Crippen LogP contribution in [0.4, 0.5) is 0 Å². The molecule has 1 atom stereocenters. The molecule has 1 aliphatic rings. The van der Waals surface area contributed by atoms with Crippen LogP contribution in [0.5, 0.6) is 5.75 Å². The Morgan fingerprint density at radius 1 is 1.15 bits per heavy atom. The van der Waals surface area contributed by atoms with Gasteiger partial charge in [0.15, 0.2) is 6.10 Å². The van der Waals surface area contributed by atoms with Crippen molar-refractivity contribution < 1.29 is 14.4 Å². The summed E-state index contributed by atoms with van der Waals surface area (Å²) in [6.07, 6.45) is 8.03. The van der Waals surface area contributed by atoms with E-state index in [1.807, 2.05) is 36.5 Å². The smallest absolute Gasteiger partial charge is 0.371 e. The number of carbonyl (C=O) groups excluding carboxylic acids is 1. The molecule has 5 nitrogen and oxygen atoms in total. The number of thiocarbonyl (C=S) groups is 1. The van der Waals surface area contributed by atoms with Gasteiger partial charge in [-0.2, -0.15) is 0 Å². The van der Waals surface area contributed by atoms with Crippen molar-refractivity contribution in [2.45, 2.75) is 50.5 Å². The van der Waals surface area contributed by atoms with Gasteiger partial charge >= 0.3 is 5.97 Å². The highest BCUT2D eigenvalue weighted by Crippen LogP contribution is 2.40. The molecule has 1 heterocycles. The highest BCUT2D eigenvalue weighted by molar-refractivity contribution is 7.80. The third-order valence-corrected chi connectivity index (χ3v) is 5.46. The molecule has 1 aromatic carbocycles. The quantitative estimate of drug-likeness (QED) is 0.618. The molecule has 1 unspecified atom stereocenters. The molecule has 142 valence electrons. The van der Waals surface area contributed by atoms with Gasteiger partial charge in [0.1, 0.15) is 10.7 Å². The highest BCUT2D eigenvalue weighted by Gasteiger charge is 2.39. The number of benzene rings is 1. The zero-order valence-corrected chi connectivity index (χ0v) is 16.2. The first-order valence-corrected chi connectivity index (χ1v) is 9.66. The fraction of sp³-hybridized carbons (Fsp3) is 0.381. The van der Waals surface area contributed by atoms with Gasteiger partial charge in [-0.1, -0.05) is 55.7 Å². The first kappa shape index (κ1) is 19.3. The lowest BCUT2D eigenvalue weighted by molar-refractivity contribution is -0.155. The average molecular weight is 385 g/mol. The lowest BCUT2D eigenvalue weighted by Crippen LogP contribution is -2.46. The maximum Gasteiger partial charge on any atom is 0.371 e. The van der Waals surface area contributed by atoms with Gasteiger partial charge in [0, 0.05) is 12.4 Å². The van der Waals surface area contributed by atoms with E-state index in [9.17, 15) is 4.79 Å². The summed E-state index contributed by atoms with van der Waals surface area (Å²) >= 11 is 5.65. The van der Waals surface area contributed by atoms with Gasteiger partial charge in [-0.15, -0.1) is 0 Å². The van der Waals surface area contributed by atoms with Gasteiger partial charge in [-0.25, -0.2) is 10.3 Å². The first-order chi connectivity index (χ1) is 13.1. The van der Waals surface area contributed by atoms with Crippen molar-refractivity contribution in [2.24, 2.45) is 0 Å². The summed E-state index contributed by atoms with van der Waals surface area (Å²) in [7, 11) is 0. The van der Waals surface area contributed by atoms with Crippen LogP contribution >= 0.6 is 12.2 Å². The lowest BCUT2D eigenvalue weighted by atomic mass is 9.70. The molecule has 0 aliphatic heterocycles. The second-order valence-electron chi connectivity index (χ2n) is 6.81. The van der Waals surface area contributed by atoms with Crippen molar-refractivity contribution in [1.29, 1.82) is 0 Å². The number of aromatic nitrogens is 1. The Morgan fingerprint density at radius 3 is 2.56 bits per heavy atom. The van der Waals surface area contributed by atoms with E-state index in [0.717, 1.165) is 31.2 Å². The molecule has 0 bridgehead atoms. The van der Waals surface area contributed by atoms with E-state index < -0.39 is 12.1 Å². The summed E-state index contributed by atoms with van der Waals surface area (Å²) in [6, 6.07) is 13.1. The third-order valence-electron chi connectivity index (χ3n) is 4.99.